The van der Waals surface area contributed by atoms with Crippen molar-refractivity contribution in [3.63, 3.8) is 0 Å². The number of piperidine rings is 1. The zero-order valence-electron chi connectivity index (χ0n) is 15.7. The Bertz CT molecular complexity index is 1000. The maximum atomic E-state index is 12.8. The Morgan fingerprint density at radius 1 is 1.00 bits per heavy atom. The third-order valence-electron chi connectivity index (χ3n) is 4.81. The molecule has 0 aliphatic carbocycles. The van der Waals surface area contributed by atoms with Gasteiger partial charge in [0.2, 0.25) is 5.91 Å². The first-order chi connectivity index (χ1) is 12.7. The maximum absolute atomic E-state index is 12.8. The van der Waals surface area contributed by atoms with E-state index in [1.807, 2.05) is 6.92 Å². The predicted octanol–water partition coefficient (Wildman–Crippen LogP) is 4.58. The molecule has 0 atom stereocenters. The van der Waals surface area contributed by atoms with Gasteiger partial charge in [-0.25, -0.2) is 8.42 Å². The van der Waals surface area contributed by atoms with Crippen LogP contribution in [0, 0.1) is 20.8 Å². The summed E-state index contributed by atoms with van der Waals surface area (Å²) in [7, 11) is -3.74. The van der Waals surface area contributed by atoms with E-state index in [0.29, 0.717) is 34.8 Å². The molecule has 1 saturated heterocycles. The van der Waals surface area contributed by atoms with Crippen molar-refractivity contribution >= 4 is 38.9 Å². The van der Waals surface area contributed by atoms with Gasteiger partial charge >= 0.3 is 0 Å². The fraction of sp³-hybridized carbons (Fsp3) is 0.350. The lowest BCUT2D eigenvalue weighted by Gasteiger charge is -2.28. The van der Waals surface area contributed by atoms with Crippen LogP contribution in [0.15, 0.2) is 35.2 Å². The first-order valence-electron chi connectivity index (χ1n) is 8.89. The number of halogens is 1. The summed E-state index contributed by atoms with van der Waals surface area (Å²) < 4.78 is 28.3. The molecule has 27 heavy (non-hydrogen) atoms. The SMILES string of the molecule is Cc1cc(S(=O)(=O)Nc2ccc(N3CCCCC3=O)c(C)c2)c(C)cc1Cl. The highest BCUT2D eigenvalue weighted by Gasteiger charge is 2.22. The van der Waals surface area contributed by atoms with E-state index in [9.17, 15) is 13.2 Å². The number of rotatable bonds is 4. The summed E-state index contributed by atoms with van der Waals surface area (Å²) in [4.78, 5) is 14.1. The molecule has 5 nitrogen and oxygen atoms in total. The number of nitrogens with one attached hydrogen (secondary N) is 1. The van der Waals surface area contributed by atoms with E-state index in [-0.39, 0.29) is 10.8 Å². The minimum absolute atomic E-state index is 0.116. The second-order valence-electron chi connectivity index (χ2n) is 6.98. The summed E-state index contributed by atoms with van der Waals surface area (Å²) >= 11 is 6.07. The Morgan fingerprint density at radius 3 is 2.41 bits per heavy atom. The quantitative estimate of drug-likeness (QED) is 0.807. The Hall–Kier alpha value is -2.05. The molecular weight excluding hydrogens is 384 g/mol. The van der Waals surface area contributed by atoms with Gasteiger partial charge in [0.1, 0.15) is 0 Å². The van der Waals surface area contributed by atoms with Gasteiger partial charge in [0.25, 0.3) is 10.0 Å². The zero-order chi connectivity index (χ0) is 19.8. The van der Waals surface area contributed by atoms with Crippen LogP contribution in [-0.4, -0.2) is 20.9 Å². The number of carbonyl (C=O) groups is 1. The highest BCUT2D eigenvalue weighted by molar-refractivity contribution is 7.92. The van der Waals surface area contributed by atoms with Gasteiger partial charge in [0.05, 0.1) is 4.90 Å². The van der Waals surface area contributed by atoms with Crippen LogP contribution < -0.4 is 9.62 Å². The minimum atomic E-state index is -3.74. The molecule has 1 heterocycles. The lowest BCUT2D eigenvalue weighted by atomic mass is 10.1. The minimum Gasteiger partial charge on any atom is -0.312 e. The fourth-order valence-corrected chi connectivity index (χ4v) is 4.92. The van der Waals surface area contributed by atoms with E-state index in [1.165, 1.54) is 0 Å². The van der Waals surface area contributed by atoms with E-state index in [1.54, 1.807) is 49.1 Å². The zero-order valence-corrected chi connectivity index (χ0v) is 17.2. The van der Waals surface area contributed by atoms with Crippen LogP contribution >= 0.6 is 11.6 Å². The van der Waals surface area contributed by atoms with E-state index in [2.05, 4.69) is 4.72 Å². The van der Waals surface area contributed by atoms with Crippen molar-refractivity contribution in [1.29, 1.82) is 0 Å². The summed E-state index contributed by atoms with van der Waals surface area (Å²) in [6, 6.07) is 8.48. The standard InChI is InChI=1S/C20H23ClN2O3S/c1-13-12-19(15(3)11-17(13)21)27(25,26)22-16-7-8-18(14(2)10-16)23-9-5-4-6-20(23)24/h7-8,10-12,22H,4-6,9H2,1-3H3. The lowest BCUT2D eigenvalue weighted by molar-refractivity contribution is -0.119. The van der Waals surface area contributed by atoms with Crippen molar-refractivity contribution < 1.29 is 13.2 Å². The average Bonchev–Trinajstić information content (AvgIpc) is 2.59. The van der Waals surface area contributed by atoms with Crippen molar-refractivity contribution in [2.24, 2.45) is 0 Å². The van der Waals surface area contributed by atoms with Crippen LogP contribution in [0.1, 0.15) is 36.0 Å². The van der Waals surface area contributed by atoms with Crippen LogP contribution in [0.25, 0.3) is 0 Å². The normalized spacial score (nSPS) is 15.1. The molecule has 0 radical (unpaired) electrons. The van der Waals surface area contributed by atoms with Gasteiger partial charge in [0, 0.05) is 29.4 Å². The second kappa shape index (κ2) is 7.52. The number of hydrogen-bond donors (Lipinski definition) is 1. The van der Waals surface area contributed by atoms with Crippen LogP contribution in [0.4, 0.5) is 11.4 Å². The van der Waals surface area contributed by atoms with Gasteiger partial charge in [-0.15, -0.1) is 0 Å². The largest absolute Gasteiger partial charge is 0.312 e. The number of nitrogens with zero attached hydrogens (tertiary/aromatic N) is 1. The van der Waals surface area contributed by atoms with E-state index in [0.717, 1.165) is 24.1 Å². The van der Waals surface area contributed by atoms with Gasteiger partial charge in [0.15, 0.2) is 0 Å². The summed E-state index contributed by atoms with van der Waals surface area (Å²) in [5, 5.41) is 0.540. The number of hydrogen-bond acceptors (Lipinski definition) is 3. The molecule has 0 bridgehead atoms. The van der Waals surface area contributed by atoms with Crippen LogP contribution in [-0.2, 0) is 14.8 Å². The molecule has 7 heteroatoms. The molecule has 1 aliphatic rings. The average molecular weight is 407 g/mol. The molecule has 2 aromatic carbocycles. The van der Waals surface area contributed by atoms with E-state index >= 15 is 0 Å². The predicted molar refractivity (Wildman–Crippen MR) is 109 cm³/mol. The molecule has 1 N–H and O–H groups in total. The monoisotopic (exact) mass is 406 g/mol. The molecule has 0 aromatic heterocycles. The third-order valence-corrected chi connectivity index (χ3v) is 6.74. The van der Waals surface area contributed by atoms with E-state index in [4.69, 9.17) is 11.6 Å². The molecule has 0 spiro atoms. The van der Waals surface area contributed by atoms with Crippen LogP contribution in [0.3, 0.4) is 0 Å². The molecule has 0 saturated carbocycles. The number of amides is 1. The Morgan fingerprint density at radius 2 is 1.74 bits per heavy atom. The van der Waals surface area contributed by atoms with Gasteiger partial charge in [-0.1, -0.05) is 11.6 Å². The van der Waals surface area contributed by atoms with Gasteiger partial charge in [-0.05, 0) is 80.6 Å². The molecule has 144 valence electrons. The highest BCUT2D eigenvalue weighted by atomic mass is 35.5. The van der Waals surface area contributed by atoms with Crippen molar-refractivity contribution in [2.45, 2.75) is 44.9 Å². The summed E-state index contributed by atoms with van der Waals surface area (Å²) in [6.07, 6.45) is 2.46. The first-order valence-corrected chi connectivity index (χ1v) is 10.8. The maximum Gasteiger partial charge on any atom is 0.262 e. The Kier molecular flexibility index (Phi) is 5.49. The fourth-order valence-electron chi connectivity index (χ4n) is 3.34. The first kappa shape index (κ1) is 19.7. The molecule has 1 fully saturated rings. The van der Waals surface area contributed by atoms with Gasteiger partial charge < -0.3 is 4.90 Å². The van der Waals surface area contributed by atoms with Crippen molar-refractivity contribution in [3.05, 3.63) is 52.0 Å². The Labute approximate surface area is 165 Å². The number of carbonyl (C=O) groups excluding carboxylic acids is 1. The number of anilines is 2. The topological polar surface area (TPSA) is 66.5 Å². The van der Waals surface area contributed by atoms with Crippen molar-refractivity contribution in [3.8, 4) is 0 Å². The molecular formula is C20H23ClN2O3S. The second-order valence-corrected chi connectivity index (χ2v) is 9.03. The molecule has 2 aromatic rings. The summed E-state index contributed by atoms with van der Waals surface area (Å²) in [5.41, 5.74) is 3.45. The molecule has 3 rings (SSSR count). The number of aryl methyl sites for hydroxylation is 3. The molecule has 1 aliphatic heterocycles. The number of benzene rings is 2. The van der Waals surface area contributed by atoms with Crippen LogP contribution in [0.2, 0.25) is 5.02 Å². The smallest absolute Gasteiger partial charge is 0.262 e. The summed E-state index contributed by atoms with van der Waals surface area (Å²) in [6.45, 7) is 6.08. The van der Waals surface area contributed by atoms with Crippen molar-refractivity contribution in [1.82, 2.24) is 0 Å². The van der Waals surface area contributed by atoms with E-state index < -0.39 is 10.0 Å². The third kappa shape index (κ3) is 4.12. The summed E-state index contributed by atoms with van der Waals surface area (Å²) in [5.74, 6) is 0.116. The number of sulfonamides is 1. The van der Waals surface area contributed by atoms with Gasteiger partial charge in [-0.2, -0.15) is 0 Å². The molecule has 1 amide bonds. The van der Waals surface area contributed by atoms with Crippen molar-refractivity contribution in [2.75, 3.05) is 16.2 Å². The van der Waals surface area contributed by atoms with Crippen LogP contribution in [0.5, 0.6) is 0 Å². The molecule has 0 unspecified atom stereocenters. The highest BCUT2D eigenvalue weighted by Crippen LogP contribution is 2.29. The lowest BCUT2D eigenvalue weighted by Crippen LogP contribution is -2.35. The van der Waals surface area contributed by atoms with Gasteiger partial charge in [-0.3, -0.25) is 9.52 Å². The Balaban J connectivity index is 1.88.